The lowest BCUT2D eigenvalue weighted by atomic mass is 10.4. The first-order valence-corrected chi connectivity index (χ1v) is 6.11. The number of hydrazine groups is 1. The second-order valence-corrected chi connectivity index (χ2v) is 4.14. The Morgan fingerprint density at radius 2 is 2.31 bits per heavy atom. The average molecular weight is 241 g/mol. The van der Waals surface area contributed by atoms with Crippen molar-refractivity contribution >= 4 is 23.5 Å². The molecule has 7 heteroatoms. The zero-order valence-corrected chi connectivity index (χ0v) is 10.1. The summed E-state index contributed by atoms with van der Waals surface area (Å²) in [5.41, 5.74) is 2.68. The maximum Gasteiger partial charge on any atom is 0.273 e. The van der Waals surface area contributed by atoms with Crippen LogP contribution in [0.4, 0.5) is 5.82 Å². The van der Waals surface area contributed by atoms with Crippen LogP contribution in [0, 0.1) is 0 Å². The maximum atomic E-state index is 11.8. The fourth-order valence-corrected chi connectivity index (χ4v) is 1.49. The highest BCUT2D eigenvalue weighted by Gasteiger charge is 2.12. The molecule has 1 aromatic rings. The van der Waals surface area contributed by atoms with Crippen LogP contribution in [-0.4, -0.2) is 46.4 Å². The fraction of sp³-hybridized carbons (Fsp3) is 0.444. The molecule has 0 saturated carbocycles. The number of nitrogen functional groups attached to an aromatic ring is 1. The molecule has 0 aliphatic rings. The second-order valence-electron chi connectivity index (χ2n) is 3.15. The van der Waals surface area contributed by atoms with Gasteiger partial charge in [-0.2, -0.15) is 11.8 Å². The van der Waals surface area contributed by atoms with Gasteiger partial charge in [-0.1, -0.05) is 0 Å². The lowest BCUT2D eigenvalue weighted by Crippen LogP contribution is -2.29. The molecule has 1 aromatic heterocycles. The van der Waals surface area contributed by atoms with Crippen molar-refractivity contribution in [2.24, 2.45) is 5.84 Å². The van der Waals surface area contributed by atoms with Crippen molar-refractivity contribution in [2.45, 2.75) is 0 Å². The predicted molar refractivity (Wildman–Crippen MR) is 65.2 cm³/mol. The smallest absolute Gasteiger partial charge is 0.273 e. The first kappa shape index (κ1) is 12.7. The summed E-state index contributed by atoms with van der Waals surface area (Å²) in [5.74, 6) is 6.35. The molecule has 0 aliphatic carbocycles. The number of hydrogen-bond acceptors (Lipinski definition) is 6. The summed E-state index contributed by atoms with van der Waals surface area (Å²) in [4.78, 5) is 21.3. The van der Waals surface area contributed by atoms with Crippen LogP contribution in [0.25, 0.3) is 0 Å². The molecule has 1 amide bonds. The molecule has 0 radical (unpaired) electrons. The third-order valence-electron chi connectivity index (χ3n) is 2.00. The van der Waals surface area contributed by atoms with Gasteiger partial charge in [0.25, 0.3) is 5.91 Å². The van der Waals surface area contributed by atoms with E-state index in [-0.39, 0.29) is 5.91 Å². The summed E-state index contributed by atoms with van der Waals surface area (Å²) in [6.07, 6.45) is 4.84. The Hall–Kier alpha value is -1.34. The van der Waals surface area contributed by atoms with Gasteiger partial charge in [-0.15, -0.1) is 0 Å². The molecule has 6 nitrogen and oxygen atoms in total. The molecule has 0 fully saturated rings. The molecular formula is C9H15N5OS. The van der Waals surface area contributed by atoms with Gasteiger partial charge in [0, 0.05) is 19.3 Å². The Kier molecular flexibility index (Phi) is 5.00. The largest absolute Gasteiger partial charge is 0.339 e. The lowest BCUT2D eigenvalue weighted by Gasteiger charge is -2.15. The summed E-state index contributed by atoms with van der Waals surface area (Å²) in [6, 6.07) is 0. The van der Waals surface area contributed by atoms with E-state index < -0.39 is 0 Å². The number of amides is 1. The average Bonchev–Trinajstić information content (AvgIpc) is 2.35. The molecule has 0 spiro atoms. The second kappa shape index (κ2) is 6.29. The van der Waals surface area contributed by atoms with Gasteiger partial charge in [0.2, 0.25) is 0 Å². The molecule has 0 aromatic carbocycles. The minimum atomic E-state index is -0.134. The molecule has 0 aliphatic heterocycles. The summed E-state index contributed by atoms with van der Waals surface area (Å²) in [6.45, 7) is 0.693. The standard InChI is InChI=1S/C9H15N5OS/c1-14(3-4-16-2)9(15)7-5-12-8(13-10)6-11-7/h5-6H,3-4,10H2,1-2H3,(H,12,13). The van der Waals surface area contributed by atoms with Gasteiger partial charge < -0.3 is 10.3 Å². The van der Waals surface area contributed by atoms with E-state index in [1.807, 2.05) is 6.26 Å². The van der Waals surface area contributed by atoms with Crippen molar-refractivity contribution in [3.8, 4) is 0 Å². The predicted octanol–water partition coefficient (Wildman–Crippen LogP) is 0.197. The van der Waals surface area contributed by atoms with Gasteiger partial charge in [-0.25, -0.2) is 15.8 Å². The van der Waals surface area contributed by atoms with E-state index in [0.29, 0.717) is 18.1 Å². The lowest BCUT2D eigenvalue weighted by molar-refractivity contribution is 0.0797. The highest BCUT2D eigenvalue weighted by Crippen LogP contribution is 2.03. The van der Waals surface area contributed by atoms with Crippen LogP contribution in [0.5, 0.6) is 0 Å². The Balaban J connectivity index is 2.64. The molecule has 88 valence electrons. The topological polar surface area (TPSA) is 84.1 Å². The van der Waals surface area contributed by atoms with Crippen LogP contribution in [0.2, 0.25) is 0 Å². The monoisotopic (exact) mass is 241 g/mol. The number of thioether (sulfide) groups is 1. The van der Waals surface area contributed by atoms with Gasteiger partial charge in [0.1, 0.15) is 5.69 Å². The number of nitrogens with zero attached hydrogens (tertiary/aromatic N) is 3. The Bertz CT molecular complexity index is 342. The third kappa shape index (κ3) is 3.35. The summed E-state index contributed by atoms with van der Waals surface area (Å²) in [7, 11) is 1.75. The molecule has 1 rings (SSSR count). The van der Waals surface area contributed by atoms with E-state index in [4.69, 9.17) is 5.84 Å². The molecule has 16 heavy (non-hydrogen) atoms. The minimum absolute atomic E-state index is 0.134. The van der Waals surface area contributed by atoms with Crippen LogP contribution >= 0.6 is 11.8 Å². The Morgan fingerprint density at radius 1 is 1.56 bits per heavy atom. The molecule has 0 atom stereocenters. The van der Waals surface area contributed by atoms with E-state index in [9.17, 15) is 4.79 Å². The zero-order valence-electron chi connectivity index (χ0n) is 9.30. The van der Waals surface area contributed by atoms with Crippen molar-refractivity contribution in [3.63, 3.8) is 0 Å². The number of hydrogen-bond donors (Lipinski definition) is 2. The van der Waals surface area contributed by atoms with Gasteiger partial charge >= 0.3 is 0 Å². The van der Waals surface area contributed by atoms with Crippen LogP contribution in [0.15, 0.2) is 12.4 Å². The maximum absolute atomic E-state index is 11.8. The number of rotatable bonds is 5. The van der Waals surface area contributed by atoms with Crippen molar-refractivity contribution in [3.05, 3.63) is 18.1 Å². The summed E-state index contributed by atoms with van der Waals surface area (Å²) >= 11 is 1.69. The molecule has 0 unspecified atom stereocenters. The number of nitrogens with one attached hydrogen (secondary N) is 1. The van der Waals surface area contributed by atoms with Gasteiger partial charge in [0.15, 0.2) is 5.82 Å². The molecule has 0 saturated heterocycles. The van der Waals surface area contributed by atoms with Crippen LogP contribution in [0.3, 0.4) is 0 Å². The highest BCUT2D eigenvalue weighted by molar-refractivity contribution is 7.98. The number of carbonyl (C=O) groups is 1. The van der Waals surface area contributed by atoms with Gasteiger partial charge in [-0.3, -0.25) is 4.79 Å². The number of nitrogens with two attached hydrogens (primary N) is 1. The number of anilines is 1. The number of aromatic nitrogens is 2. The van der Waals surface area contributed by atoms with Gasteiger partial charge in [-0.05, 0) is 6.26 Å². The Morgan fingerprint density at radius 3 is 2.81 bits per heavy atom. The quantitative estimate of drug-likeness (QED) is 0.566. The molecule has 0 bridgehead atoms. The Labute approximate surface area is 98.6 Å². The SMILES string of the molecule is CSCCN(C)C(=O)c1cnc(NN)cn1. The van der Waals surface area contributed by atoms with Crippen LogP contribution < -0.4 is 11.3 Å². The van der Waals surface area contributed by atoms with Crippen molar-refractivity contribution in [2.75, 3.05) is 31.0 Å². The van der Waals surface area contributed by atoms with Gasteiger partial charge in [0.05, 0.1) is 12.4 Å². The van der Waals surface area contributed by atoms with E-state index in [2.05, 4.69) is 15.4 Å². The third-order valence-corrected chi connectivity index (χ3v) is 2.59. The van der Waals surface area contributed by atoms with E-state index in [1.54, 1.807) is 23.7 Å². The van der Waals surface area contributed by atoms with E-state index in [1.165, 1.54) is 12.4 Å². The van der Waals surface area contributed by atoms with Crippen molar-refractivity contribution in [1.29, 1.82) is 0 Å². The molecule has 1 heterocycles. The first-order valence-electron chi connectivity index (χ1n) is 4.72. The number of carbonyl (C=O) groups excluding carboxylic acids is 1. The summed E-state index contributed by atoms with van der Waals surface area (Å²) < 4.78 is 0. The van der Waals surface area contributed by atoms with E-state index >= 15 is 0 Å². The first-order chi connectivity index (χ1) is 7.69. The van der Waals surface area contributed by atoms with Crippen molar-refractivity contribution < 1.29 is 4.79 Å². The van der Waals surface area contributed by atoms with Crippen molar-refractivity contribution in [1.82, 2.24) is 14.9 Å². The summed E-state index contributed by atoms with van der Waals surface area (Å²) in [5, 5.41) is 0. The van der Waals surface area contributed by atoms with E-state index in [0.717, 1.165) is 5.75 Å². The van der Waals surface area contributed by atoms with Crippen LogP contribution in [-0.2, 0) is 0 Å². The zero-order chi connectivity index (χ0) is 12.0. The highest BCUT2D eigenvalue weighted by atomic mass is 32.2. The fourth-order valence-electron chi connectivity index (χ4n) is 1.04. The normalized spacial score (nSPS) is 9.94. The van der Waals surface area contributed by atoms with Crippen LogP contribution in [0.1, 0.15) is 10.5 Å². The minimum Gasteiger partial charge on any atom is -0.339 e. The molecule has 3 N–H and O–H groups in total. The molecular weight excluding hydrogens is 226 g/mol.